The van der Waals surface area contributed by atoms with E-state index in [2.05, 4.69) is 35.3 Å². The van der Waals surface area contributed by atoms with Crippen molar-refractivity contribution in [3.63, 3.8) is 0 Å². The standard InChI is InChI=1S/C30H39N3O4S/c1-3-5-16-32(24-25-12-8-6-9-13-25)28-21-26(23-31-4-2)22-29(30(28)37-27-14-10-7-11-15-27)38(34,35)33-17-19-36-20-18-33/h6-15,21-22,31H,3-5,16-20,23-24H2,1-2H3. The van der Waals surface area contributed by atoms with Crippen LogP contribution in [0.4, 0.5) is 5.69 Å². The molecule has 0 radical (unpaired) electrons. The maximum absolute atomic E-state index is 14.1. The van der Waals surface area contributed by atoms with Crippen LogP contribution in [-0.2, 0) is 27.8 Å². The highest BCUT2D eigenvalue weighted by Crippen LogP contribution is 2.41. The third-order valence-electron chi connectivity index (χ3n) is 6.56. The molecule has 1 heterocycles. The molecule has 4 rings (SSSR count). The molecule has 1 fully saturated rings. The maximum Gasteiger partial charge on any atom is 0.247 e. The lowest BCUT2D eigenvalue weighted by Gasteiger charge is -2.31. The number of hydrogen-bond acceptors (Lipinski definition) is 6. The quantitative estimate of drug-likeness (QED) is 0.314. The number of benzene rings is 3. The predicted molar refractivity (Wildman–Crippen MR) is 152 cm³/mol. The number of nitrogens with one attached hydrogen (secondary N) is 1. The predicted octanol–water partition coefficient (Wildman–Crippen LogP) is 5.42. The molecule has 0 atom stereocenters. The second kappa shape index (κ2) is 13.8. The minimum Gasteiger partial charge on any atom is -0.454 e. The van der Waals surface area contributed by atoms with E-state index < -0.39 is 10.0 Å². The Morgan fingerprint density at radius 3 is 2.29 bits per heavy atom. The van der Waals surface area contributed by atoms with E-state index in [1.54, 1.807) is 6.07 Å². The molecule has 3 aromatic carbocycles. The summed E-state index contributed by atoms with van der Waals surface area (Å²) in [4.78, 5) is 2.45. The number of unbranched alkanes of at least 4 members (excludes halogenated alkanes) is 1. The molecule has 0 unspecified atom stereocenters. The van der Waals surface area contributed by atoms with Crippen LogP contribution in [0.25, 0.3) is 0 Å². The van der Waals surface area contributed by atoms with E-state index in [0.717, 1.165) is 42.7 Å². The van der Waals surface area contributed by atoms with Gasteiger partial charge in [0.15, 0.2) is 5.75 Å². The SMILES string of the molecule is CCCCN(Cc1ccccc1)c1cc(CNCC)cc(S(=O)(=O)N2CCOCC2)c1Oc1ccccc1. The zero-order chi connectivity index (χ0) is 26.8. The van der Waals surface area contributed by atoms with E-state index in [9.17, 15) is 8.42 Å². The Bertz CT molecular complexity index is 1250. The third kappa shape index (κ3) is 7.14. The molecule has 1 aliphatic heterocycles. The molecule has 1 N–H and O–H groups in total. The molecular formula is C30H39N3O4S. The monoisotopic (exact) mass is 537 g/mol. The molecule has 1 aliphatic rings. The van der Waals surface area contributed by atoms with E-state index in [4.69, 9.17) is 9.47 Å². The summed E-state index contributed by atoms with van der Waals surface area (Å²) in [5.41, 5.74) is 2.85. The molecule has 3 aromatic rings. The summed E-state index contributed by atoms with van der Waals surface area (Å²) in [6.45, 7) is 8.39. The van der Waals surface area contributed by atoms with Crippen molar-refractivity contribution in [1.82, 2.24) is 9.62 Å². The summed E-state index contributed by atoms with van der Waals surface area (Å²) in [6, 6.07) is 23.5. The van der Waals surface area contributed by atoms with Gasteiger partial charge in [-0.2, -0.15) is 4.31 Å². The van der Waals surface area contributed by atoms with E-state index in [1.807, 2.05) is 55.5 Å². The first-order chi connectivity index (χ1) is 18.5. The summed E-state index contributed by atoms with van der Waals surface area (Å²) in [7, 11) is -3.84. The molecule has 38 heavy (non-hydrogen) atoms. The van der Waals surface area contributed by atoms with Gasteiger partial charge in [-0.15, -0.1) is 0 Å². The number of para-hydroxylation sites is 1. The number of anilines is 1. The zero-order valence-electron chi connectivity index (χ0n) is 22.4. The van der Waals surface area contributed by atoms with Crippen molar-refractivity contribution in [3.8, 4) is 11.5 Å². The van der Waals surface area contributed by atoms with Gasteiger partial charge in [0, 0.05) is 32.7 Å². The number of ether oxygens (including phenoxy) is 2. The maximum atomic E-state index is 14.1. The Morgan fingerprint density at radius 2 is 1.63 bits per heavy atom. The Labute approximate surface area is 227 Å². The summed E-state index contributed by atoms with van der Waals surface area (Å²) >= 11 is 0. The van der Waals surface area contributed by atoms with Gasteiger partial charge < -0.3 is 19.7 Å². The van der Waals surface area contributed by atoms with Gasteiger partial charge in [0.2, 0.25) is 10.0 Å². The molecule has 0 aromatic heterocycles. The first-order valence-electron chi connectivity index (χ1n) is 13.5. The van der Waals surface area contributed by atoms with Crippen molar-refractivity contribution in [2.24, 2.45) is 0 Å². The lowest BCUT2D eigenvalue weighted by atomic mass is 10.1. The molecule has 0 aliphatic carbocycles. The van der Waals surface area contributed by atoms with Gasteiger partial charge in [0.1, 0.15) is 10.6 Å². The Hall–Kier alpha value is -2.91. The van der Waals surface area contributed by atoms with Crippen LogP contribution in [0, 0.1) is 0 Å². The lowest BCUT2D eigenvalue weighted by Crippen LogP contribution is -2.40. The van der Waals surface area contributed by atoms with Gasteiger partial charge in [-0.05, 0) is 48.4 Å². The minimum absolute atomic E-state index is 0.197. The van der Waals surface area contributed by atoms with E-state index >= 15 is 0 Å². The van der Waals surface area contributed by atoms with Gasteiger partial charge in [-0.25, -0.2) is 8.42 Å². The normalized spacial score (nSPS) is 14.4. The van der Waals surface area contributed by atoms with Crippen LogP contribution < -0.4 is 15.0 Å². The molecule has 0 saturated carbocycles. The number of rotatable bonds is 13. The Balaban J connectivity index is 1.90. The van der Waals surface area contributed by atoms with Crippen molar-refractivity contribution < 1.29 is 17.9 Å². The summed E-state index contributed by atoms with van der Waals surface area (Å²) < 4.78 is 41.7. The van der Waals surface area contributed by atoms with Crippen LogP contribution in [0.15, 0.2) is 77.7 Å². The molecule has 204 valence electrons. The molecule has 0 bridgehead atoms. The average molecular weight is 538 g/mol. The first-order valence-corrected chi connectivity index (χ1v) is 14.9. The molecule has 1 saturated heterocycles. The number of morpholine rings is 1. The van der Waals surface area contributed by atoms with Crippen LogP contribution in [-0.4, -0.2) is 52.1 Å². The highest BCUT2D eigenvalue weighted by atomic mass is 32.2. The fourth-order valence-corrected chi connectivity index (χ4v) is 6.10. The fraction of sp³-hybridized carbons (Fsp3) is 0.400. The molecule has 0 amide bonds. The average Bonchev–Trinajstić information content (AvgIpc) is 2.96. The summed E-state index contributed by atoms with van der Waals surface area (Å²) in [5.74, 6) is 0.969. The third-order valence-corrected chi connectivity index (χ3v) is 8.47. The highest BCUT2D eigenvalue weighted by Gasteiger charge is 2.32. The van der Waals surface area contributed by atoms with E-state index in [1.165, 1.54) is 4.31 Å². The van der Waals surface area contributed by atoms with Crippen LogP contribution in [0.3, 0.4) is 0 Å². The summed E-state index contributed by atoms with van der Waals surface area (Å²) in [5, 5.41) is 3.36. The van der Waals surface area contributed by atoms with Crippen molar-refractivity contribution in [2.45, 2.75) is 44.7 Å². The van der Waals surface area contributed by atoms with Crippen molar-refractivity contribution in [2.75, 3.05) is 44.3 Å². The molecule has 8 heteroatoms. The van der Waals surface area contributed by atoms with Crippen molar-refractivity contribution >= 4 is 15.7 Å². The second-order valence-corrected chi connectivity index (χ2v) is 11.3. The van der Waals surface area contributed by atoms with E-state index in [0.29, 0.717) is 50.9 Å². The van der Waals surface area contributed by atoms with Gasteiger partial charge in [-0.3, -0.25) is 0 Å². The minimum atomic E-state index is -3.84. The van der Waals surface area contributed by atoms with Gasteiger partial charge >= 0.3 is 0 Å². The second-order valence-electron chi connectivity index (χ2n) is 9.41. The van der Waals surface area contributed by atoms with Crippen LogP contribution in [0.1, 0.15) is 37.8 Å². The number of sulfonamides is 1. The Morgan fingerprint density at radius 1 is 0.947 bits per heavy atom. The molecule has 0 spiro atoms. The topological polar surface area (TPSA) is 71.1 Å². The van der Waals surface area contributed by atoms with Crippen LogP contribution in [0.2, 0.25) is 0 Å². The summed E-state index contributed by atoms with van der Waals surface area (Å²) in [6.07, 6.45) is 2.00. The van der Waals surface area contributed by atoms with Gasteiger partial charge in [-0.1, -0.05) is 68.8 Å². The Kier molecular flexibility index (Phi) is 10.2. The number of nitrogens with zero attached hydrogens (tertiary/aromatic N) is 2. The van der Waals surface area contributed by atoms with Crippen LogP contribution in [0.5, 0.6) is 11.5 Å². The van der Waals surface area contributed by atoms with E-state index in [-0.39, 0.29) is 4.90 Å². The molecular weight excluding hydrogens is 498 g/mol. The first kappa shape index (κ1) is 28.1. The lowest BCUT2D eigenvalue weighted by molar-refractivity contribution is 0.0730. The largest absolute Gasteiger partial charge is 0.454 e. The van der Waals surface area contributed by atoms with Gasteiger partial charge in [0.25, 0.3) is 0 Å². The van der Waals surface area contributed by atoms with Crippen molar-refractivity contribution in [1.29, 1.82) is 0 Å². The number of hydrogen-bond donors (Lipinski definition) is 1. The fourth-order valence-electron chi connectivity index (χ4n) is 4.51. The zero-order valence-corrected chi connectivity index (χ0v) is 23.3. The smallest absolute Gasteiger partial charge is 0.247 e. The molecule has 7 nitrogen and oxygen atoms in total. The van der Waals surface area contributed by atoms with Crippen LogP contribution >= 0.6 is 0 Å². The van der Waals surface area contributed by atoms with Crippen molar-refractivity contribution in [3.05, 3.63) is 83.9 Å². The van der Waals surface area contributed by atoms with Gasteiger partial charge in [0.05, 0.1) is 18.9 Å². The highest BCUT2D eigenvalue weighted by molar-refractivity contribution is 7.89.